The number of ether oxygens (including phenoxy) is 2. The number of fused-ring (bicyclic) bond motifs is 2. The molecule has 0 bridgehead atoms. The van der Waals surface area contributed by atoms with Gasteiger partial charge in [0.2, 0.25) is 0 Å². The molecule has 0 spiro atoms. The molecule has 10 heteroatoms. The van der Waals surface area contributed by atoms with Gasteiger partial charge in [0.25, 0.3) is 5.91 Å². The monoisotopic (exact) mass is 456 g/mol. The van der Waals surface area contributed by atoms with E-state index in [1.54, 1.807) is 31.2 Å². The van der Waals surface area contributed by atoms with Gasteiger partial charge in [-0.1, -0.05) is 18.2 Å². The summed E-state index contributed by atoms with van der Waals surface area (Å²) < 4.78 is 15.2. The molecule has 1 aromatic carbocycles. The second-order valence-corrected chi connectivity index (χ2v) is 8.11. The van der Waals surface area contributed by atoms with E-state index in [1.807, 2.05) is 0 Å². The molecular weight excluding hydrogens is 436 g/mol. The molecule has 0 fully saturated rings. The molecule has 3 aromatic rings. The Morgan fingerprint density at radius 3 is 2.78 bits per heavy atom. The first-order chi connectivity index (χ1) is 15.4. The SMILES string of the molecule is CCOC(=O)c1c(NC(=O)c2cc3ccccc3oc2=O)sc2c1CCN(C(=O)OC)C2. The number of carbonyl (C=O) groups excluding carboxylic acids is 3. The van der Waals surface area contributed by atoms with E-state index in [4.69, 9.17) is 13.9 Å². The normalized spacial score (nSPS) is 12.9. The van der Waals surface area contributed by atoms with Gasteiger partial charge in [-0.15, -0.1) is 11.3 Å². The van der Waals surface area contributed by atoms with Crippen LogP contribution >= 0.6 is 11.3 Å². The fraction of sp³-hybridized carbons (Fsp3) is 0.273. The van der Waals surface area contributed by atoms with Crippen LogP contribution in [0.5, 0.6) is 0 Å². The maximum Gasteiger partial charge on any atom is 0.409 e. The van der Waals surface area contributed by atoms with Crippen LogP contribution in [-0.2, 0) is 22.4 Å². The summed E-state index contributed by atoms with van der Waals surface area (Å²) in [6.07, 6.45) is -0.0654. The highest BCUT2D eigenvalue weighted by Gasteiger charge is 2.31. The van der Waals surface area contributed by atoms with Crippen LogP contribution in [0, 0.1) is 0 Å². The Labute approximate surface area is 186 Å². The second kappa shape index (κ2) is 8.83. The molecule has 166 valence electrons. The molecule has 0 saturated carbocycles. The highest BCUT2D eigenvalue weighted by molar-refractivity contribution is 7.17. The lowest BCUT2D eigenvalue weighted by atomic mass is 10.0. The summed E-state index contributed by atoms with van der Waals surface area (Å²) in [5.41, 5.74) is 0.373. The minimum absolute atomic E-state index is 0.166. The zero-order valence-corrected chi connectivity index (χ0v) is 18.2. The van der Waals surface area contributed by atoms with Crippen LogP contribution < -0.4 is 10.9 Å². The predicted molar refractivity (Wildman–Crippen MR) is 117 cm³/mol. The summed E-state index contributed by atoms with van der Waals surface area (Å²) in [5.74, 6) is -1.27. The molecule has 0 aliphatic carbocycles. The smallest absolute Gasteiger partial charge is 0.409 e. The Hall–Kier alpha value is -3.66. The molecule has 0 radical (unpaired) electrons. The van der Waals surface area contributed by atoms with Gasteiger partial charge in [-0.2, -0.15) is 0 Å². The minimum Gasteiger partial charge on any atom is -0.462 e. The Bertz CT molecular complexity index is 1280. The molecule has 1 aliphatic heterocycles. The fourth-order valence-corrected chi connectivity index (χ4v) is 4.83. The topological polar surface area (TPSA) is 115 Å². The van der Waals surface area contributed by atoms with E-state index >= 15 is 0 Å². The number of benzene rings is 1. The number of esters is 1. The van der Waals surface area contributed by atoms with Crippen molar-refractivity contribution in [2.75, 3.05) is 25.6 Å². The molecule has 2 aromatic heterocycles. The van der Waals surface area contributed by atoms with Gasteiger partial charge in [-0.05, 0) is 31.0 Å². The number of thiophene rings is 1. The molecule has 0 unspecified atom stereocenters. The number of para-hydroxylation sites is 1. The molecule has 2 amide bonds. The molecule has 0 saturated heterocycles. The van der Waals surface area contributed by atoms with E-state index in [1.165, 1.54) is 29.4 Å². The van der Waals surface area contributed by atoms with Crippen LogP contribution in [0.2, 0.25) is 0 Å². The lowest BCUT2D eigenvalue weighted by Crippen LogP contribution is -2.35. The maximum absolute atomic E-state index is 12.9. The number of methoxy groups -OCH3 is 1. The van der Waals surface area contributed by atoms with Crippen molar-refractivity contribution in [3.8, 4) is 0 Å². The number of nitrogens with one attached hydrogen (secondary N) is 1. The van der Waals surface area contributed by atoms with Crippen molar-refractivity contribution in [3.63, 3.8) is 0 Å². The number of rotatable bonds is 4. The number of amides is 2. The van der Waals surface area contributed by atoms with Crippen LogP contribution in [-0.4, -0.2) is 43.1 Å². The Kier molecular flexibility index (Phi) is 5.95. The van der Waals surface area contributed by atoms with Crippen molar-refractivity contribution in [2.45, 2.75) is 19.9 Å². The van der Waals surface area contributed by atoms with Gasteiger partial charge in [0.05, 0.1) is 25.8 Å². The predicted octanol–water partition coefficient (Wildman–Crippen LogP) is 3.41. The number of hydrogen-bond donors (Lipinski definition) is 1. The average Bonchev–Trinajstić information content (AvgIpc) is 3.15. The maximum atomic E-state index is 12.9. The number of carbonyl (C=O) groups is 3. The first-order valence-corrected chi connectivity index (χ1v) is 10.7. The first kappa shape index (κ1) is 21.6. The van der Waals surface area contributed by atoms with Gasteiger partial charge in [0, 0.05) is 16.8 Å². The Morgan fingerprint density at radius 2 is 2.03 bits per heavy atom. The lowest BCUT2D eigenvalue weighted by Gasteiger charge is -2.25. The molecule has 1 N–H and O–H groups in total. The summed E-state index contributed by atoms with van der Waals surface area (Å²) in [7, 11) is 1.30. The molecule has 3 heterocycles. The molecule has 0 atom stereocenters. The Balaban J connectivity index is 1.70. The zero-order chi connectivity index (χ0) is 22.8. The van der Waals surface area contributed by atoms with E-state index in [9.17, 15) is 19.2 Å². The van der Waals surface area contributed by atoms with E-state index in [2.05, 4.69) is 5.32 Å². The van der Waals surface area contributed by atoms with E-state index in [-0.39, 0.29) is 29.3 Å². The van der Waals surface area contributed by atoms with Crippen molar-refractivity contribution in [1.29, 1.82) is 0 Å². The third-order valence-corrected chi connectivity index (χ3v) is 6.21. The van der Waals surface area contributed by atoms with Gasteiger partial charge in [0.1, 0.15) is 16.1 Å². The highest BCUT2D eigenvalue weighted by atomic mass is 32.1. The van der Waals surface area contributed by atoms with Crippen molar-refractivity contribution in [3.05, 3.63) is 62.3 Å². The third kappa shape index (κ3) is 3.96. The van der Waals surface area contributed by atoms with Gasteiger partial charge in [-0.25, -0.2) is 14.4 Å². The number of anilines is 1. The summed E-state index contributed by atoms with van der Waals surface area (Å²) in [6, 6.07) is 8.31. The standard InChI is InChI=1S/C22H20N2O7S/c1-3-30-21(27)17-13-8-9-24(22(28)29-2)11-16(13)32-19(17)23-18(25)14-10-12-6-4-5-7-15(12)31-20(14)26/h4-7,10H,3,8-9,11H2,1-2H3,(H,23,25). The Morgan fingerprint density at radius 1 is 1.25 bits per heavy atom. The fourth-order valence-electron chi connectivity index (χ4n) is 3.59. The van der Waals surface area contributed by atoms with Crippen LogP contribution in [0.1, 0.15) is 38.1 Å². The number of hydrogen-bond acceptors (Lipinski definition) is 8. The summed E-state index contributed by atoms with van der Waals surface area (Å²) >= 11 is 1.17. The third-order valence-electron chi connectivity index (χ3n) is 5.08. The van der Waals surface area contributed by atoms with Crippen LogP contribution in [0.4, 0.5) is 9.80 Å². The molecule has 9 nitrogen and oxygen atoms in total. The number of nitrogens with zero attached hydrogens (tertiary/aromatic N) is 1. The van der Waals surface area contributed by atoms with Crippen LogP contribution in [0.25, 0.3) is 11.0 Å². The molecule has 32 heavy (non-hydrogen) atoms. The average molecular weight is 456 g/mol. The summed E-state index contributed by atoms with van der Waals surface area (Å²) in [4.78, 5) is 52.1. The second-order valence-electron chi connectivity index (χ2n) is 7.01. The van der Waals surface area contributed by atoms with Gasteiger partial charge >= 0.3 is 17.7 Å². The largest absolute Gasteiger partial charge is 0.462 e. The van der Waals surface area contributed by atoms with E-state index < -0.39 is 23.6 Å². The zero-order valence-electron chi connectivity index (χ0n) is 17.4. The van der Waals surface area contributed by atoms with E-state index in [0.717, 1.165) is 10.4 Å². The molecule has 4 rings (SSSR count). The minimum atomic E-state index is -0.780. The molecule has 1 aliphatic rings. The quantitative estimate of drug-likeness (QED) is 0.472. The highest BCUT2D eigenvalue weighted by Crippen LogP contribution is 2.38. The van der Waals surface area contributed by atoms with Crippen molar-refractivity contribution >= 4 is 45.3 Å². The summed E-state index contributed by atoms with van der Waals surface area (Å²) in [5, 5.41) is 3.53. The van der Waals surface area contributed by atoms with Gasteiger partial charge in [-0.3, -0.25) is 4.79 Å². The van der Waals surface area contributed by atoms with Gasteiger partial charge in [0.15, 0.2) is 0 Å². The van der Waals surface area contributed by atoms with Crippen molar-refractivity contribution < 1.29 is 28.3 Å². The van der Waals surface area contributed by atoms with E-state index in [0.29, 0.717) is 23.9 Å². The van der Waals surface area contributed by atoms with Crippen LogP contribution in [0.15, 0.2) is 39.5 Å². The lowest BCUT2D eigenvalue weighted by molar-refractivity contribution is 0.0526. The van der Waals surface area contributed by atoms with Gasteiger partial charge < -0.3 is 24.1 Å². The van der Waals surface area contributed by atoms with Crippen LogP contribution in [0.3, 0.4) is 0 Å². The molecular formula is C22H20N2O7S. The first-order valence-electron chi connectivity index (χ1n) is 9.91. The van der Waals surface area contributed by atoms with Crippen molar-refractivity contribution in [2.24, 2.45) is 0 Å². The van der Waals surface area contributed by atoms with Crippen molar-refractivity contribution in [1.82, 2.24) is 4.90 Å². The summed E-state index contributed by atoms with van der Waals surface area (Å²) in [6.45, 7) is 2.46.